The zero-order valence-corrected chi connectivity index (χ0v) is 53.4. The van der Waals surface area contributed by atoms with Crippen LogP contribution in [0, 0.1) is 0 Å². The molecule has 1 saturated heterocycles. The number of nitrogens with one attached hydrogen (secondary N) is 1. The Balaban J connectivity index is 2.57. The lowest BCUT2D eigenvalue weighted by Crippen LogP contribution is -2.61. The van der Waals surface area contributed by atoms with E-state index in [4.69, 9.17) is 14.2 Å². The molecule has 1 amide bonds. The van der Waals surface area contributed by atoms with Gasteiger partial charge in [-0.3, -0.25) is 9.59 Å². The van der Waals surface area contributed by atoms with E-state index in [0.717, 1.165) is 70.6 Å². The standard InChI is InChI=1S/C71H131NO10/c1-4-7-10-13-16-19-22-25-27-28-29-30-31-32-33-34-35-36-37-38-40-43-46-49-52-55-58-64(75)70(79)72-62(63(74)57-54-51-48-45-42-39-24-21-18-15-12-9-6-3)61-80-71-69(68(78)67(77)65(60-73)81-71)82-66(76)59-56-53-50-47-44-41-26-23-20-17-14-11-8-5-2/h16,19,25,27,29-30,54,57,62-65,67-69,71,73-75,77-78H,4-15,17-18,20-24,26,28,31-53,55-56,58-61H2,1-3H3,(H,72,79)/b19-16-,27-25-,30-29-,57-54+. The second-order valence-electron chi connectivity index (χ2n) is 24.3. The van der Waals surface area contributed by atoms with Crippen molar-refractivity contribution in [1.29, 1.82) is 0 Å². The number of unbranched alkanes of at least 4 members (excludes halogenated alkanes) is 40. The summed E-state index contributed by atoms with van der Waals surface area (Å²) in [6.07, 6.45) is 62.9. The van der Waals surface area contributed by atoms with Crippen LogP contribution in [0.1, 0.15) is 329 Å². The van der Waals surface area contributed by atoms with E-state index in [9.17, 15) is 35.1 Å². The first-order valence-corrected chi connectivity index (χ1v) is 34.9. The Labute approximate surface area is 504 Å². The van der Waals surface area contributed by atoms with Crippen molar-refractivity contribution in [3.05, 3.63) is 48.6 Å². The summed E-state index contributed by atoms with van der Waals surface area (Å²) in [6, 6.07) is -1.02. The van der Waals surface area contributed by atoms with Crippen LogP contribution in [0.3, 0.4) is 0 Å². The van der Waals surface area contributed by atoms with Gasteiger partial charge in [0.1, 0.15) is 24.4 Å². The quantitative estimate of drug-likeness (QED) is 0.0195. The number of ether oxygens (including phenoxy) is 3. The SMILES string of the molecule is CCCCC/C=C\C/C=C\C/C=C\CCCCCCCCCCCCCCCC(O)C(=O)NC(COC1OC(CO)C(O)C(O)C1OC(=O)CCCCCCCCCCCCCCCC)C(O)/C=C/CCCCCCCCCCCCC. The Bertz CT molecular complexity index is 1520. The average molecular weight is 1160 g/mol. The van der Waals surface area contributed by atoms with Gasteiger partial charge in [-0.15, -0.1) is 0 Å². The molecule has 82 heavy (non-hydrogen) atoms. The van der Waals surface area contributed by atoms with Crippen molar-refractivity contribution in [3.63, 3.8) is 0 Å². The highest BCUT2D eigenvalue weighted by Gasteiger charge is 2.47. The summed E-state index contributed by atoms with van der Waals surface area (Å²) in [5.41, 5.74) is 0. The lowest BCUT2D eigenvalue weighted by molar-refractivity contribution is -0.305. The first-order chi connectivity index (χ1) is 40.2. The summed E-state index contributed by atoms with van der Waals surface area (Å²) < 4.78 is 17.7. The van der Waals surface area contributed by atoms with Gasteiger partial charge in [0.05, 0.1) is 25.4 Å². The van der Waals surface area contributed by atoms with Gasteiger partial charge in [-0.1, -0.05) is 307 Å². The van der Waals surface area contributed by atoms with Gasteiger partial charge in [-0.05, 0) is 64.2 Å². The van der Waals surface area contributed by atoms with Crippen molar-refractivity contribution in [2.75, 3.05) is 13.2 Å². The Hall–Kier alpha value is -2.38. The highest BCUT2D eigenvalue weighted by Crippen LogP contribution is 2.26. The minimum absolute atomic E-state index is 0.128. The number of carbonyl (C=O) groups is 2. The first-order valence-electron chi connectivity index (χ1n) is 34.9. The fourth-order valence-corrected chi connectivity index (χ4v) is 11.0. The molecule has 0 aliphatic carbocycles. The molecule has 1 aliphatic heterocycles. The Morgan fingerprint density at radius 3 is 1.28 bits per heavy atom. The number of carbonyl (C=O) groups excluding carboxylic acids is 2. The lowest BCUT2D eigenvalue weighted by Gasteiger charge is -2.41. The van der Waals surface area contributed by atoms with Gasteiger partial charge < -0.3 is 45.1 Å². The van der Waals surface area contributed by atoms with Crippen LogP contribution < -0.4 is 5.32 Å². The number of allylic oxidation sites excluding steroid dienone is 7. The molecule has 0 radical (unpaired) electrons. The zero-order chi connectivity index (χ0) is 59.6. The van der Waals surface area contributed by atoms with E-state index in [1.54, 1.807) is 6.08 Å². The van der Waals surface area contributed by atoms with Gasteiger partial charge in [0.2, 0.25) is 5.91 Å². The molecular formula is C71H131NO10. The Kier molecular flexibility index (Phi) is 55.8. The lowest BCUT2D eigenvalue weighted by atomic mass is 9.99. The number of esters is 1. The topological polar surface area (TPSA) is 175 Å². The molecule has 11 heteroatoms. The number of aliphatic hydroxyl groups excluding tert-OH is 5. The number of rotatable bonds is 60. The van der Waals surface area contributed by atoms with Crippen LogP contribution in [0.5, 0.6) is 0 Å². The molecule has 480 valence electrons. The molecular weight excluding hydrogens is 1030 g/mol. The van der Waals surface area contributed by atoms with Crippen LogP contribution in [0.4, 0.5) is 0 Å². The van der Waals surface area contributed by atoms with Crippen molar-refractivity contribution < 1.29 is 49.3 Å². The third kappa shape index (κ3) is 45.9. The van der Waals surface area contributed by atoms with Crippen LogP contribution in [0.25, 0.3) is 0 Å². The zero-order valence-electron chi connectivity index (χ0n) is 53.4. The van der Waals surface area contributed by atoms with E-state index in [-0.39, 0.29) is 13.0 Å². The van der Waals surface area contributed by atoms with Gasteiger partial charge in [0.15, 0.2) is 12.4 Å². The van der Waals surface area contributed by atoms with Crippen molar-refractivity contribution in [2.45, 2.75) is 378 Å². The summed E-state index contributed by atoms with van der Waals surface area (Å²) >= 11 is 0. The average Bonchev–Trinajstić information content (AvgIpc) is 3.55. The van der Waals surface area contributed by atoms with E-state index in [2.05, 4.69) is 62.5 Å². The molecule has 6 N–H and O–H groups in total. The van der Waals surface area contributed by atoms with Crippen LogP contribution in [-0.4, -0.2) is 99.6 Å². The highest BCUT2D eigenvalue weighted by atomic mass is 16.7. The number of hydrogen-bond acceptors (Lipinski definition) is 10. The highest BCUT2D eigenvalue weighted by molar-refractivity contribution is 5.80. The summed E-state index contributed by atoms with van der Waals surface area (Å²) in [6.45, 7) is 5.80. The monoisotopic (exact) mass is 1160 g/mol. The minimum atomic E-state index is -1.61. The van der Waals surface area contributed by atoms with E-state index in [1.165, 1.54) is 212 Å². The van der Waals surface area contributed by atoms with Gasteiger partial charge in [0.25, 0.3) is 0 Å². The van der Waals surface area contributed by atoms with Gasteiger partial charge in [0, 0.05) is 6.42 Å². The second kappa shape index (κ2) is 59.0. The van der Waals surface area contributed by atoms with Crippen molar-refractivity contribution >= 4 is 11.9 Å². The van der Waals surface area contributed by atoms with Gasteiger partial charge in [-0.25, -0.2) is 0 Å². The van der Waals surface area contributed by atoms with E-state index < -0.39 is 67.4 Å². The largest absolute Gasteiger partial charge is 0.454 e. The number of hydrogen-bond donors (Lipinski definition) is 6. The predicted octanol–water partition coefficient (Wildman–Crippen LogP) is 17.6. The van der Waals surface area contributed by atoms with Gasteiger partial charge >= 0.3 is 5.97 Å². The van der Waals surface area contributed by atoms with Crippen molar-refractivity contribution in [3.8, 4) is 0 Å². The molecule has 0 aromatic heterocycles. The summed E-state index contributed by atoms with van der Waals surface area (Å²) in [4.78, 5) is 26.6. The number of amides is 1. The molecule has 0 aromatic carbocycles. The summed E-state index contributed by atoms with van der Waals surface area (Å²) in [7, 11) is 0. The Morgan fingerprint density at radius 1 is 0.476 bits per heavy atom. The molecule has 1 heterocycles. The second-order valence-corrected chi connectivity index (χ2v) is 24.3. The van der Waals surface area contributed by atoms with Crippen LogP contribution in [-0.2, 0) is 23.8 Å². The molecule has 0 aromatic rings. The molecule has 1 fully saturated rings. The van der Waals surface area contributed by atoms with Crippen molar-refractivity contribution in [2.24, 2.45) is 0 Å². The molecule has 0 spiro atoms. The van der Waals surface area contributed by atoms with Crippen LogP contribution >= 0.6 is 0 Å². The third-order valence-electron chi connectivity index (χ3n) is 16.5. The molecule has 0 bridgehead atoms. The molecule has 8 atom stereocenters. The summed E-state index contributed by atoms with van der Waals surface area (Å²) in [5, 5.41) is 57.2. The predicted molar refractivity (Wildman–Crippen MR) is 343 cm³/mol. The third-order valence-corrected chi connectivity index (χ3v) is 16.5. The maximum Gasteiger partial charge on any atom is 0.306 e. The van der Waals surface area contributed by atoms with Crippen LogP contribution in [0.15, 0.2) is 48.6 Å². The molecule has 8 unspecified atom stereocenters. The maximum atomic E-state index is 13.5. The normalized spacial score (nSPS) is 18.9. The smallest absolute Gasteiger partial charge is 0.306 e. The molecule has 0 saturated carbocycles. The van der Waals surface area contributed by atoms with Crippen molar-refractivity contribution in [1.82, 2.24) is 5.32 Å². The van der Waals surface area contributed by atoms with E-state index in [1.807, 2.05) is 6.08 Å². The fraction of sp³-hybridized carbons (Fsp3) is 0.859. The molecule has 11 nitrogen and oxygen atoms in total. The number of aliphatic hydroxyl groups is 5. The fourth-order valence-electron chi connectivity index (χ4n) is 11.0. The summed E-state index contributed by atoms with van der Waals surface area (Å²) in [5.74, 6) is -1.18. The molecule has 1 rings (SSSR count). The van der Waals surface area contributed by atoms with Crippen LogP contribution in [0.2, 0.25) is 0 Å². The van der Waals surface area contributed by atoms with E-state index >= 15 is 0 Å². The van der Waals surface area contributed by atoms with E-state index in [0.29, 0.717) is 19.3 Å². The first kappa shape index (κ1) is 77.6. The molecule has 1 aliphatic rings. The Morgan fingerprint density at radius 2 is 0.841 bits per heavy atom. The minimum Gasteiger partial charge on any atom is -0.454 e. The van der Waals surface area contributed by atoms with Gasteiger partial charge in [-0.2, -0.15) is 0 Å². The maximum absolute atomic E-state index is 13.5.